The summed E-state index contributed by atoms with van der Waals surface area (Å²) >= 11 is -0.239. The van der Waals surface area contributed by atoms with E-state index >= 15 is 0 Å². The van der Waals surface area contributed by atoms with E-state index in [0.29, 0.717) is 5.75 Å². The molecule has 0 bridgehead atoms. The standard InChI is InChI=1S/C10H12FNO5S/c1-7(17-18-11)6-16-9-4-3-8(12(13)14)5-10(9)15-2/h3-5,7H,6H2,1-2H3. The molecule has 6 nitrogen and oxygen atoms in total. The highest BCUT2D eigenvalue weighted by Gasteiger charge is 2.13. The molecule has 0 saturated heterocycles. The molecule has 8 heteroatoms. The minimum absolute atomic E-state index is 0.0946. The zero-order valence-electron chi connectivity index (χ0n) is 9.79. The number of nitrogens with zero attached hydrogens (tertiary/aromatic N) is 1. The van der Waals surface area contributed by atoms with Crippen LogP contribution < -0.4 is 9.47 Å². The Morgan fingerprint density at radius 3 is 2.78 bits per heavy atom. The Hall–Kier alpha value is -1.54. The van der Waals surface area contributed by atoms with Crippen LogP contribution in [0.3, 0.4) is 0 Å². The van der Waals surface area contributed by atoms with E-state index in [4.69, 9.17) is 9.47 Å². The van der Waals surface area contributed by atoms with Crippen molar-refractivity contribution in [3.05, 3.63) is 28.3 Å². The van der Waals surface area contributed by atoms with Gasteiger partial charge in [-0.1, -0.05) is 0 Å². The van der Waals surface area contributed by atoms with Gasteiger partial charge in [0.1, 0.15) is 12.7 Å². The number of ether oxygens (including phenoxy) is 2. The molecule has 0 fully saturated rings. The van der Waals surface area contributed by atoms with Crippen molar-refractivity contribution in [2.24, 2.45) is 0 Å². The van der Waals surface area contributed by atoms with E-state index in [1.165, 1.54) is 25.3 Å². The first-order valence-corrected chi connectivity index (χ1v) is 5.62. The lowest BCUT2D eigenvalue weighted by atomic mass is 10.3. The average Bonchev–Trinajstić information content (AvgIpc) is 2.36. The fraction of sp³-hybridized carbons (Fsp3) is 0.400. The maximum atomic E-state index is 11.8. The van der Waals surface area contributed by atoms with E-state index < -0.39 is 11.0 Å². The molecule has 0 heterocycles. The van der Waals surface area contributed by atoms with Gasteiger partial charge in [0.05, 0.1) is 18.1 Å². The van der Waals surface area contributed by atoms with Gasteiger partial charge in [-0.2, -0.15) is 0 Å². The fourth-order valence-corrected chi connectivity index (χ4v) is 1.37. The summed E-state index contributed by atoms with van der Waals surface area (Å²) in [7, 11) is 1.38. The van der Waals surface area contributed by atoms with Crippen LogP contribution in [0.1, 0.15) is 6.92 Å². The third-order valence-corrected chi connectivity index (χ3v) is 2.43. The summed E-state index contributed by atoms with van der Waals surface area (Å²) in [6, 6.07) is 3.98. The number of nitro groups is 1. The molecule has 0 N–H and O–H groups in total. The van der Waals surface area contributed by atoms with Crippen LogP contribution in [0.4, 0.5) is 9.57 Å². The first-order chi connectivity index (χ1) is 8.58. The minimum atomic E-state index is -0.530. The highest BCUT2D eigenvalue weighted by Crippen LogP contribution is 2.31. The van der Waals surface area contributed by atoms with E-state index in [0.717, 1.165) is 0 Å². The average molecular weight is 277 g/mol. The van der Waals surface area contributed by atoms with Crippen LogP contribution in [0.15, 0.2) is 18.2 Å². The number of methoxy groups -OCH3 is 1. The molecule has 0 spiro atoms. The molecule has 1 aromatic rings. The lowest BCUT2D eigenvalue weighted by Gasteiger charge is -2.13. The number of hydrogen-bond acceptors (Lipinski definition) is 6. The zero-order chi connectivity index (χ0) is 13.5. The molecular weight excluding hydrogens is 265 g/mol. The van der Waals surface area contributed by atoms with Gasteiger partial charge in [0.2, 0.25) is 12.4 Å². The van der Waals surface area contributed by atoms with Gasteiger partial charge in [0, 0.05) is 6.07 Å². The molecule has 1 aromatic carbocycles. The molecule has 18 heavy (non-hydrogen) atoms. The number of hydrogen-bond donors (Lipinski definition) is 0. The second-order valence-electron chi connectivity index (χ2n) is 3.37. The smallest absolute Gasteiger partial charge is 0.273 e. The van der Waals surface area contributed by atoms with Gasteiger partial charge in [-0.05, 0) is 13.0 Å². The predicted octanol–water partition coefficient (Wildman–Crippen LogP) is 2.92. The fourth-order valence-electron chi connectivity index (χ4n) is 1.19. The van der Waals surface area contributed by atoms with Crippen molar-refractivity contribution >= 4 is 18.1 Å². The Labute approximate surface area is 108 Å². The third kappa shape index (κ3) is 4.04. The number of non-ortho nitro benzene ring substituents is 1. The topological polar surface area (TPSA) is 70.8 Å². The lowest BCUT2D eigenvalue weighted by molar-refractivity contribution is -0.384. The van der Waals surface area contributed by atoms with Crippen LogP contribution in [0, 0.1) is 10.1 Å². The Morgan fingerprint density at radius 2 is 2.22 bits per heavy atom. The lowest BCUT2D eigenvalue weighted by Crippen LogP contribution is -2.15. The van der Waals surface area contributed by atoms with Gasteiger partial charge in [0.25, 0.3) is 5.69 Å². The first-order valence-electron chi connectivity index (χ1n) is 4.97. The summed E-state index contributed by atoms with van der Waals surface area (Å²) in [6.07, 6.45) is -0.458. The highest BCUT2D eigenvalue weighted by atomic mass is 32.2. The SMILES string of the molecule is COc1cc([N+](=O)[O-])ccc1OCC(C)OSF. The number of halogens is 1. The molecule has 0 radical (unpaired) electrons. The molecule has 1 rings (SSSR count). The van der Waals surface area contributed by atoms with Crippen LogP contribution in [0.2, 0.25) is 0 Å². The van der Waals surface area contributed by atoms with Gasteiger partial charge in [-0.25, -0.2) is 0 Å². The third-order valence-electron chi connectivity index (χ3n) is 2.03. The van der Waals surface area contributed by atoms with E-state index in [1.54, 1.807) is 6.92 Å². The Bertz CT molecular complexity index is 417. The van der Waals surface area contributed by atoms with Crippen molar-refractivity contribution in [1.29, 1.82) is 0 Å². The molecule has 0 aromatic heterocycles. The maximum Gasteiger partial charge on any atom is 0.273 e. The summed E-state index contributed by atoms with van der Waals surface area (Å²) in [4.78, 5) is 10.0. The highest BCUT2D eigenvalue weighted by molar-refractivity contribution is 7.89. The minimum Gasteiger partial charge on any atom is -0.493 e. The van der Waals surface area contributed by atoms with E-state index in [9.17, 15) is 14.0 Å². The van der Waals surface area contributed by atoms with Crippen LogP contribution >= 0.6 is 12.4 Å². The van der Waals surface area contributed by atoms with Crippen molar-refractivity contribution in [1.82, 2.24) is 0 Å². The Balaban J connectivity index is 2.73. The van der Waals surface area contributed by atoms with Gasteiger partial charge in [-0.15, -0.1) is 3.89 Å². The molecule has 0 aliphatic heterocycles. The molecule has 0 amide bonds. The van der Waals surface area contributed by atoms with Crippen molar-refractivity contribution < 1.29 is 22.5 Å². The van der Waals surface area contributed by atoms with Crippen LogP contribution in [0.5, 0.6) is 11.5 Å². The second-order valence-corrected chi connectivity index (χ2v) is 3.69. The summed E-state index contributed by atoms with van der Waals surface area (Å²) in [5.74, 6) is 0.576. The van der Waals surface area contributed by atoms with Crippen molar-refractivity contribution in [2.45, 2.75) is 13.0 Å². The van der Waals surface area contributed by atoms with Crippen LogP contribution in [-0.4, -0.2) is 24.7 Å². The summed E-state index contributed by atoms with van der Waals surface area (Å²) in [5, 5.41) is 10.6. The van der Waals surface area contributed by atoms with Gasteiger partial charge in [0.15, 0.2) is 11.5 Å². The number of benzene rings is 1. The predicted molar refractivity (Wildman–Crippen MR) is 64.4 cm³/mol. The van der Waals surface area contributed by atoms with Crippen molar-refractivity contribution in [3.63, 3.8) is 0 Å². The number of nitro benzene ring substituents is 1. The quantitative estimate of drug-likeness (QED) is 0.433. The normalized spacial score (nSPS) is 11.9. The molecule has 0 saturated carbocycles. The maximum absolute atomic E-state index is 11.8. The Morgan fingerprint density at radius 1 is 1.50 bits per heavy atom. The molecule has 1 unspecified atom stereocenters. The van der Waals surface area contributed by atoms with E-state index in [1.807, 2.05) is 0 Å². The van der Waals surface area contributed by atoms with Crippen LogP contribution in [-0.2, 0) is 4.18 Å². The molecule has 0 aliphatic rings. The summed E-state index contributed by atoms with van der Waals surface area (Å²) < 4.78 is 26.7. The van der Waals surface area contributed by atoms with E-state index in [2.05, 4.69) is 4.18 Å². The van der Waals surface area contributed by atoms with Crippen molar-refractivity contribution in [2.75, 3.05) is 13.7 Å². The molecular formula is C10H12FNO5S. The molecule has 100 valence electrons. The molecule has 1 atom stereocenters. The van der Waals surface area contributed by atoms with Gasteiger partial charge < -0.3 is 9.47 Å². The molecule has 0 aliphatic carbocycles. The summed E-state index contributed by atoms with van der Waals surface area (Å²) in [6.45, 7) is 1.73. The van der Waals surface area contributed by atoms with Crippen molar-refractivity contribution in [3.8, 4) is 11.5 Å². The Kier molecular flexibility index (Phi) is 5.66. The second kappa shape index (κ2) is 7.02. The largest absolute Gasteiger partial charge is 0.493 e. The monoisotopic (exact) mass is 277 g/mol. The van der Waals surface area contributed by atoms with E-state index in [-0.39, 0.29) is 30.5 Å². The van der Waals surface area contributed by atoms with Crippen LogP contribution in [0.25, 0.3) is 0 Å². The summed E-state index contributed by atoms with van der Waals surface area (Å²) in [5.41, 5.74) is -0.0946. The number of rotatable bonds is 7. The van der Waals surface area contributed by atoms with Gasteiger partial charge in [-0.3, -0.25) is 14.3 Å². The van der Waals surface area contributed by atoms with Gasteiger partial charge >= 0.3 is 0 Å². The zero-order valence-corrected chi connectivity index (χ0v) is 10.6. The first kappa shape index (κ1) is 14.5.